The van der Waals surface area contributed by atoms with E-state index >= 15 is 0 Å². The Kier molecular flexibility index (Phi) is 7.20. The van der Waals surface area contributed by atoms with Crippen LogP contribution in [0.15, 0.2) is 0 Å². The van der Waals surface area contributed by atoms with Crippen LogP contribution < -0.4 is 5.32 Å². The number of hydrogen-bond donors (Lipinski definition) is 2. The first-order valence-electron chi connectivity index (χ1n) is 9.42. The van der Waals surface area contributed by atoms with Crippen molar-refractivity contribution in [1.29, 1.82) is 0 Å². The molecule has 7 nitrogen and oxygen atoms in total. The van der Waals surface area contributed by atoms with Gasteiger partial charge in [0.1, 0.15) is 6.04 Å². The molecule has 1 aromatic heterocycles. The standard InChI is InChI=1S/C19H31N3O4/c1-12(2)10-22-14(4)16(13(3)21-22)7-8-17(23)20-18(19(24)25)15-6-5-9-26-11-15/h12,15,18H,5-11H2,1-4H3,(H,20,23)(H,24,25). The average molecular weight is 365 g/mol. The molecule has 7 heteroatoms. The molecule has 1 amide bonds. The first kappa shape index (κ1) is 20.4. The molecule has 2 rings (SSSR count). The van der Waals surface area contributed by atoms with Crippen LogP contribution in [0, 0.1) is 25.7 Å². The Hall–Kier alpha value is -1.89. The van der Waals surface area contributed by atoms with Crippen LogP contribution in [0.5, 0.6) is 0 Å². The number of aromatic nitrogens is 2. The Balaban J connectivity index is 1.95. The molecule has 0 radical (unpaired) electrons. The number of carbonyl (C=O) groups is 2. The van der Waals surface area contributed by atoms with E-state index in [-0.39, 0.29) is 18.2 Å². The van der Waals surface area contributed by atoms with Gasteiger partial charge in [-0.25, -0.2) is 4.79 Å². The van der Waals surface area contributed by atoms with Crippen LogP contribution in [-0.2, 0) is 27.3 Å². The highest BCUT2D eigenvalue weighted by atomic mass is 16.5. The third-order valence-electron chi connectivity index (χ3n) is 4.92. The van der Waals surface area contributed by atoms with Gasteiger partial charge in [-0.1, -0.05) is 13.8 Å². The van der Waals surface area contributed by atoms with Crippen molar-refractivity contribution in [3.63, 3.8) is 0 Å². The maximum Gasteiger partial charge on any atom is 0.326 e. The second kappa shape index (κ2) is 9.16. The third kappa shape index (κ3) is 5.30. The molecule has 0 aromatic carbocycles. The molecule has 2 atom stereocenters. The molecule has 1 saturated heterocycles. The van der Waals surface area contributed by atoms with Crippen molar-refractivity contribution in [3.8, 4) is 0 Å². The molecule has 0 spiro atoms. The summed E-state index contributed by atoms with van der Waals surface area (Å²) >= 11 is 0. The second-order valence-electron chi connectivity index (χ2n) is 7.59. The monoisotopic (exact) mass is 365 g/mol. The molecule has 2 unspecified atom stereocenters. The lowest BCUT2D eigenvalue weighted by molar-refractivity contribution is -0.145. The quantitative estimate of drug-likeness (QED) is 0.736. The molecular formula is C19H31N3O4. The zero-order valence-corrected chi connectivity index (χ0v) is 16.2. The predicted octanol–water partition coefficient (Wildman–Crippen LogP) is 2.08. The minimum absolute atomic E-state index is 0.164. The molecule has 0 bridgehead atoms. The summed E-state index contributed by atoms with van der Waals surface area (Å²) in [6.45, 7) is 10.2. The minimum Gasteiger partial charge on any atom is -0.480 e. The number of hydrogen-bond acceptors (Lipinski definition) is 4. The van der Waals surface area contributed by atoms with Crippen LogP contribution in [0.2, 0.25) is 0 Å². The highest BCUT2D eigenvalue weighted by Crippen LogP contribution is 2.19. The van der Waals surface area contributed by atoms with E-state index in [1.54, 1.807) is 0 Å². The number of carbonyl (C=O) groups excluding carboxylic acids is 1. The Bertz CT molecular complexity index is 633. The topological polar surface area (TPSA) is 93.5 Å². The Morgan fingerprint density at radius 2 is 2.12 bits per heavy atom. The summed E-state index contributed by atoms with van der Waals surface area (Å²) in [7, 11) is 0. The smallest absolute Gasteiger partial charge is 0.326 e. The van der Waals surface area contributed by atoms with Crippen molar-refractivity contribution >= 4 is 11.9 Å². The number of rotatable bonds is 8. The highest BCUT2D eigenvalue weighted by Gasteiger charge is 2.31. The largest absolute Gasteiger partial charge is 0.480 e. The van der Waals surface area contributed by atoms with Crippen LogP contribution in [-0.4, -0.2) is 46.0 Å². The van der Waals surface area contributed by atoms with E-state index in [9.17, 15) is 14.7 Å². The molecule has 2 heterocycles. The summed E-state index contributed by atoms with van der Waals surface area (Å²) in [5, 5.41) is 16.7. The van der Waals surface area contributed by atoms with Crippen molar-refractivity contribution in [2.24, 2.45) is 11.8 Å². The molecular weight excluding hydrogens is 334 g/mol. The fourth-order valence-corrected chi connectivity index (χ4v) is 3.51. The summed E-state index contributed by atoms with van der Waals surface area (Å²) in [5.41, 5.74) is 3.10. The number of nitrogens with one attached hydrogen (secondary N) is 1. The Labute approximate surface area is 155 Å². The van der Waals surface area contributed by atoms with Crippen LogP contribution in [0.4, 0.5) is 0 Å². The van der Waals surface area contributed by atoms with Gasteiger partial charge < -0.3 is 15.2 Å². The normalized spacial score (nSPS) is 18.7. The number of ether oxygens (including phenoxy) is 1. The zero-order valence-electron chi connectivity index (χ0n) is 16.2. The van der Waals surface area contributed by atoms with Gasteiger partial charge in [-0.2, -0.15) is 5.10 Å². The highest BCUT2D eigenvalue weighted by molar-refractivity contribution is 5.83. The van der Waals surface area contributed by atoms with E-state index in [1.165, 1.54) is 0 Å². The molecule has 26 heavy (non-hydrogen) atoms. The van der Waals surface area contributed by atoms with Gasteiger partial charge >= 0.3 is 5.97 Å². The van der Waals surface area contributed by atoms with Gasteiger partial charge in [0.05, 0.1) is 12.3 Å². The maximum atomic E-state index is 12.3. The number of carboxylic acids is 1. The van der Waals surface area contributed by atoms with E-state index in [0.717, 1.165) is 36.3 Å². The summed E-state index contributed by atoms with van der Waals surface area (Å²) in [6.07, 6.45) is 2.41. The number of amides is 1. The maximum absolute atomic E-state index is 12.3. The number of aliphatic carboxylic acids is 1. The van der Waals surface area contributed by atoms with E-state index in [0.29, 0.717) is 25.6 Å². The first-order chi connectivity index (χ1) is 12.3. The lowest BCUT2D eigenvalue weighted by atomic mass is 9.93. The van der Waals surface area contributed by atoms with Crippen LogP contribution in [0.25, 0.3) is 0 Å². The van der Waals surface area contributed by atoms with Gasteiger partial charge in [0.2, 0.25) is 5.91 Å². The molecule has 2 N–H and O–H groups in total. The SMILES string of the molecule is Cc1nn(CC(C)C)c(C)c1CCC(=O)NC(C(=O)O)C1CCCOC1. The fraction of sp³-hybridized carbons (Fsp3) is 0.737. The van der Waals surface area contributed by atoms with Crippen molar-refractivity contribution in [1.82, 2.24) is 15.1 Å². The average Bonchev–Trinajstić information content (AvgIpc) is 2.84. The minimum atomic E-state index is -0.994. The van der Waals surface area contributed by atoms with E-state index in [4.69, 9.17) is 4.74 Å². The van der Waals surface area contributed by atoms with Crippen molar-refractivity contribution in [3.05, 3.63) is 17.0 Å². The van der Waals surface area contributed by atoms with Gasteiger partial charge in [-0.3, -0.25) is 9.48 Å². The van der Waals surface area contributed by atoms with E-state index in [2.05, 4.69) is 24.3 Å². The first-order valence-corrected chi connectivity index (χ1v) is 9.42. The molecule has 0 aliphatic carbocycles. The van der Waals surface area contributed by atoms with Crippen LogP contribution in [0.3, 0.4) is 0 Å². The summed E-state index contributed by atoms with van der Waals surface area (Å²) in [6, 6.07) is -0.881. The zero-order chi connectivity index (χ0) is 19.3. The molecule has 1 aliphatic heterocycles. The van der Waals surface area contributed by atoms with E-state index < -0.39 is 12.0 Å². The second-order valence-corrected chi connectivity index (χ2v) is 7.59. The predicted molar refractivity (Wildman–Crippen MR) is 98.0 cm³/mol. The fourth-order valence-electron chi connectivity index (χ4n) is 3.51. The lowest BCUT2D eigenvalue weighted by Crippen LogP contribution is -2.48. The Morgan fingerprint density at radius 1 is 1.38 bits per heavy atom. The van der Waals surface area contributed by atoms with Gasteiger partial charge in [0.25, 0.3) is 0 Å². The Morgan fingerprint density at radius 3 is 2.69 bits per heavy atom. The molecule has 0 saturated carbocycles. The summed E-state index contributed by atoms with van der Waals surface area (Å²) in [4.78, 5) is 23.9. The molecule has 1 aromatic rings. The third-order valence-corrected chi connectivity index (χ3v) is 4.92. The van der Waals surface area contributed by atoms with Crippen LogP contribution in [0.1, 0.15) is 50.1 Å². The summed E-state index contributed by atoms with van der Waals surface area (Å²) < 4.78 is 7.36. The van der Waals surface area contributed by atoms with Crippen molar-refractivity contribution < 1.29 is 19.4 Å². The number of aryl methyl sites for hydroxylation is 1. The van der Waals surface area contributed by atoms with Crippen LogP contribution >= 0.6 is 0 Å². The molecule has 1 fully saturated rings. The van der Waals surface area contributed by atoms with Gasteiger partial charge in [0.15, 0.2) is 0 Å². The number of nitrogens with zero attached hydrogens (tertiary/aromatic N) is 2. The van der Waals surface area contributed by atoms with Gasteiger partial charge in [0, 0.05) is 31.2 Å². The van der Waals surface area contributed by atoms with Gasteiger partial charge in [-0.15, -0.1) is 0 Å². The van der Waals surface area contributed by atoms with Gasteiger partial charge in [-0.05, 0) is 44.6 Å². The summed E-state index contributed by atoms with van der Waals surface area (Å²) in [5.74, 6) is -0.898. The van der Waals surface area contributed by atoms with Crippen molar-refractivity contribution in [2.45, 2.75) is 66.0 Å². The van der Waals surface area contributed by atoms with Crippen molar-refractivity contribution in [2.75, 3.05) is 13.2 Å². The molecule has 146 valence electrons. The molecule has 1 aliphatic rings. The van der Waals surface area contributed by atoms with E-state index in [1.807, 2.05) is 18.5 Å². The number of carboxylic acid groups (broad SMARTS) is 1. The lowest BCUT2D eigenvalue weighted by Gasteiger charge is -2.28.